The van der Waals surface area contributed by atoms with Gasteiger partial charge in [-0.3, -0.25) is 4.79 Å². The van der Waals surface area contributed by atoms with E-state index in [1.807, 2.05) is 18.2 Å². The Morgan fingerprint density at radius 1 is 1.04 bits per heavy atom. The molecule has 8 heteroatoms. The first-order chi connectivity index (χ1) is 12.0. The smallest absolute Gasteiger partial charge is 0.348 e. The number of rotatable bonds is 6. The lowest BCUT2D eigenvalue weighted by Gasteiger charge is -2.08. The van der Waals surface area contributed by atoms with Crippen molar-refractivity contribution in [3.63, 3.8) is 0 Å². The number of benzene rings is 1. The lowest BCUT2D eigenvalue weighted by atomic mass is 10.1. The van der Waals surface area contributed by atoms with Gasteiger partial charge in [-0.1, -0.05) is 30.3 Å². The van der Waals surface area contributed by atoms with Crippen molar-refractivity contribution in [1.82, 2.24) is 0 Å². The van der Waals surface area contributed by atoms with Gasteiger partial charge in [0, 0.05) is 5.56 Å². The number of thiophene rings is 1. The maximum Gasteiger partial charge on any atom is 0.348 e. The summed E-state index contributed by atoms with van der Waals surface area (Å²) in [5, 5.41) is 0.0985. The van der Waals surface area contributed by atoms with Gasteiger partial charge in [-0.25, -0.2) is 9.59 Å². The Bertz CT molecular complexity index is 784. The average Bonchev–Trinajstić information content (AvgIpc) is 2.95. The molecule has 0 fully saturated rings. The molecule has 0 amide bonds. The first kappa shape index (κ1) is 18.5. The highest BCUT2D eigenvalue weighted by atomic mass is 32.1. The molecule has 0 atom stereocenters. The summed E-state index contributed by atoms with van der Waals surface area (Å²) in [7, 11) is 2.41. The highest BCUT2D eigenvalue weighted by molar-refractivity contribution is 7.18. The summed E-state index contributed by atoms with van der Waals surface area (Å²) >= 11 is 0.884. The summed E-state index contributed by atoms with van der Waals surface area (Å²) in [6, 6.07) is 9.06. The van der Waals surface area contributed by atoms with Crippen molar-refractivity contribution in [1.29, 1.82) is 0 Å². The quantitative estimate of drug-likeness (QED) is 0.619. The van der Waals surface area contributed by atoms with Gasteiger partial charge in [0.15, 0.2) is 0 Å². The largest absolute Gasteiger partial charge is 0.465 e. The van der Waals surface area contributed by atoms with Crippen molar-refractivity contribution in [2.45, 2.75) is 13.0 Å². The number of esters is 3. The van der Waals surface area contributed by atoms with Crippen LogP contribution in [0.5, 0.6) is 0 Å². The third-order valence-corrected chi connectivity index (χ3v) is 4.40. The summed E-state index contributed by atoms with van der Waals surface area (Å²) in [6.45, 7) is -0.283. The highest BCUT2D eigenvalue weighted by Gasteiger charge is 2.28. The van der Waals surface area contributed by atoms with E-state index in [2.05, 4.69) is 9.47 Å². The number of methoxy groups -OCH3 is 2. The Morgan fingerprint density at radius 2 is 1.68 bits per heavy atom. The van der Waals surface area contributed by atoms with E-state index in [0.29, 0.717) is 0 Å². The van der Waals surface area contributed by atoms with Crippen LogP contribution in [0, 0.1) is 0 Å². The number of carbonyl (C=O) groups is 3. The number of nitrogen functional groups attached to an aromatic ring is 1. The minimum absolute atomic E-state index is 0.0143. The Balaban J connectivity index is 2.20. The summed E-state index contributed by atoms with van der Waals surface area (Å²) in [5.41, 5.74) is 6.80. The lowest BCUT2D eigenvalue weighted by molar-refractivity contribution is -0.144. The molecule has 0 bridgehead atoms. The molecule has 132 valence electrons. The van der Waals surface area contributed by atoms with Gasteiger partial charge >= 0.3 is 17.9 Å². The van der Waals surface area contributed by atoms with Crippen LogP contribution in [-0.2, 0) is 32.0 Å². The minimum atomic E-state index is -0.710. The molecule has 25 heavy (non-hydrogen) atoms. The topological polar surface area (TPSA) is 105 Å². The molecule has 0 unspecified atom stereocenters. The number of anilines is 1. The molecule has 2 aromatic rings. The monoisotopic (exact) mass is 363 g/mol. The molecule has 1 heterocycles. The zero-order valence-electron chi connectivity index (χ0n) is 13.7. The Kier molecular flexibility index (Phi) is 6.13. The van der Waals surface area contributed by atoms with E-state index in [-0.39, 0.29) is 34.0 Å². The van der Waals surface area contributed by atoms with Crippen molar-refractivity contribution in [3.8, 4) is 0 Å². The van der Waals surface area contributed by atoms with Gasteiger partial charge in [0.2, 0.25) is 0 Å². The van der Waals surface area contributed by atoms with Gasteiger partial charge in [-0.2, -0.15) is 0 Å². The molecule has 0 aliphatic rings. The van der Waals surface area contributed by atoms with Crippen LogP contribution >= 0.6 is 11.3 Å². The van der Waals surface area contributed by atoms with Crippen LogP contribution in [0.1, 0.15) is 31.2 Å². The first-order valence-corrected chi connectivity index (χ1v) is 8.06. The summed E-state index contributed by atoms with van der Waals surface area (Å²) in [4.78, 5) is 35.9. The molecular weight excluding hydrogens is 346 g/mol. The van der Waals surface area contributed by atoms with E-state index in [9.17, 15) is 14.4 Å². The van der Waals surface area contributed by atoms with Crippen LogP contribution in [0.25, 0.3) is 0 Å². The fourth-order valence-electron chi connectivity index (χ4n) is 2.17. The van der Waals surface area contributed by atoms with E-state index in [0.717, 1.165) is 16.9 Å². The minimum Gasteiger partial charge on any atom is -0.465 e. The number of carbonyl (C=O) groups excluding carboxylic acids is 3. The van der Waals surface area contributed by atoms with Crippen LogP contribution in [0.4, 0.5) is 5.00 Å². The third kappa shape index (κ3) is 4.36. The van der Waals surface area contributed by atoms with Crippen molar-refractivity contribution < 1.29 is 28.6 Å². The molecule has 0 aliphatic carbocycles. The molecule has 0 radical (unpaired) electrons. The summed E-state index contributed by atoms with van der Waals surface area (Å²) < 4.78 is 14.6. The van der Waals surface area contributed by atoms with E-state index in [1.54, 1.807) is 12.1 Å². The molecular formula is C17H17NO6S. The van der Waals surface area contributed by atoms with Crippen molar-refractivity contribution >= 4 is 34.2 Å². The van der Waals surface area contributed by atoms with Crippen LogP contribution in [-0.4, -0.2) is 32.1 Å². The fourth-order valence-corrected chi connectivity index (χ4v) is 3.15. The molecule has 1 aromatic heterocycles. The number of nitrogens with two attached hydrogens (primary N) is 1. The van der Waals surface area contributed by atoms with E-state index in [1.165, 1.54) is 14.2 Å². The number of hydrogen-bond donors (Lipinski definition) is 1. The zero-order valence-corrected chi connectivity index (χ0v) is 14.6. The maximum atomic E-state index is 12.0. The van der Waals surface area contributed by atoms with Crippen LogP contribution in [0.3, 0.4) is 0 Å². The molecule has 0 saturated heterocycles. The summed E-state index contributed by atoms with van der Waals surface area (Å²) in [5.74, 6) is -1.87. The van der Waals surface area contributed by atoms with Gasteiger partial charge in [-0.05, 0) is 5.56 Å². The molecule has 1 aromatic carbocycles. The molecule has 7 nitrogen and oxygen atoms in total. The second-order valence-electron chi connectivity index (χ2n) is 4.96. The first-order valence-electron chi connectivity index (χ1n) is 7.25. The number of hydrogen-bond acceptors (Lipinski definition) is 8. The predicted molar refractivity (Wildman–Crippen MR) is 91.4 cm³/mol. The molecule has 0 saturated carbocycles. The Morgan fingerprint density at radius 3 is 2.28 bits per heavy atom. The fraction of sp³-hybridized carbons (Fsp3) is 0.235. The van der Waals surface area contributed by atoms with E-state index >= 15 is 0 Å². The van der Waals surface area contributed by atoms with Crippen LogP contribution in [0.15, 0.2) is 30.3 Å². The maximum absolute atomic E-state index is 12.0. The van der Waals surface area contributed by atoms with Crippen molar-refractivity contribution in [2.24, 2.45) is 0 Å². The second-order valence-corrected chi connectivity index (χ2v) is 6.01. The van der Waals surface area contributed by atoms with E-state index < -0.39 is 17.9 Å². The predicted octanol–water partition coefficient (Wildman–Crippen LogP) is 2.19. The van der Waals surface area contributed by atoms with Crippen LogP contribution in [0.2, 0.25) is 0 Å². The van der Waals surface area contributed by atoms with Crippen LogP contribution < -0.4 is 5.73 Å². The molecule has 2 N–H and O–H groups in total. The molecule has 0 aliphatic heterocycles. The highest BCUT2D eigenvalue weighted by Crippen LogP contribution is 2.33. The second kappa shape index (κ2) is 8.29. The van der Waals surface area contributed by atoms with Crippen molar-refractivity contribution in [3.05, 3.63) is 51.9 Å². The van der Waals surface area contributed by atoms with Gasteiger partial charge < -0.3 is 19.9 Å². The van der Waals surface area contributed by atoms with Gasteiger partial charge in [0.25, 0.3) is 0 Å². The van der Waals surface area contributed by atoms with Gasteiger partial charge in [-0.15, -0.1) is 11.3 Å². The van der Waals surface area contributed by atoms with Gasteiger partial charge in [0.05, 0.1) is 20.6 Å². The Hall–Kier alpha value is -2.87. The summed E-state index contributed by atoms with van der Waals surface area (Å²) in [6.07, 6.45) is 0.0710. The SMILES string of the molecule is COC(=O)c1sc(N)c(C(=O)OC)c1COC(=O)Cc1ccccc1. The number of ether oxygens (including phenoxy) is 3. The van der Waals surface area contributed by atoms with Crippen molar-refractivity contribution in [2.75, 3.05) is 20.0 Å². The average molecular weight is 363 g/mol. The standard InChI is InChI=1S/C17H17NO6S/c1-22-16(20)13-11(14(17(21)23-2)25-15(13)18)9-24-12(19)8-10-6-4-3-5-7-10/h3-7H,8-9,18H2,1-2H3. The Labute approximate surface area is 148 Å². The zero-order chi connectivity index (χ0) is 18.4. The lowest BCUT2D eigenvalue weighted by Crippen LogP contribution is -2.13. The normalized spacial score (nSPS) is 10.2. The molecule has 0 spiro atoms. The van der Waals surface area contributed by atoms with E-state index in [4.69, 9.17) is 10.5 Å². The third-order valence-electron chi connectivity index (χ3n) is 3.36. The van der Waals surface area contributed by atoms with Gasteiger partial charge in [0.1, 0.15) is 22.0 Å². The molecule has 2 rings (SSSR count).